The molecular weight excluding hydrogens is 417 g/mol. The van der Waals surface area contributed by atoms with E-state index in [1.165, 1.54) is 33.9 Å². The number of halogens is 1. The summed E-state index contributed by atoms with van der Waals surface area (Å²) in [7, 11) is 0. The lowest BCUT2D eigenvalue weighted by molar-refractivity contribution is -0.0419. The maximum atomic E-state index is 13.6. The molecule has 1 aliphatic rings. The van der Waals surface area contributed by atoms with E-state index in [-0.39, 0.29) is 17.5 Å². The molecule has 1 amide bonds. The smallest absolute Gasteiger partial charge is 0.410 e. The Bertz CT molecular complexity index is 1200. The number of carbonyl (C=O) groups excluding carboxylic acids is 1. The van der Waals surface area contributed by atoms with Gasteiger partial charge in [-0.05, 0) is 51.8 Å². The Morgan fingerprint density at radius 1 is 1.28 bits per heavy atom. The van der Waals surface area contributed by atoms with Crippen molar-refractivity contribution in [2.75, 3.05) is 13.1 Å². The number of aliphatic hydroxyl groups is 1. The van der Waals surface area contributed by atoms with E-state index in [0.29, 0.717) is 37.3 Å². The van der Waals surface area contributed by atoms with E-state index in [1.54, 1.807) is 37.8 Å². The maximum absolute atomic E-state index is 13.6. The lowest BCUT2D eigenvalue weighted by atomic mass is 9.91. The van der Waals surface area contributed by atoms with Crippen LogP contribution >= 0.6 is 0 Å². The molecule has 10 heteroatoms. The number of rotatable bonds is 3. The van der Waals surface area contributed by atoms with Crippen LogP contribution in [0.1, 0.15) is 33.6 Å². The molecule has 170 valence electrons. The second-order valence-electron chi connectivity index (χ2n) is 9.14. The molecule has 3 heterocycles. The van der Waals surface area contributed by atoms with Crippen LogP contribution in [0.5, 0.6) is 0 Å². The molecule has 1 aromatic carbocycles. The van der Waals surface area contributed by atoms with Gasteiger partial charge in [0.25, 0.3) is 5.56 Å². The molecule has 9 nitrogen and oxygen atoms in total. The fourth-order valence-electron chi connectivity index (χ4n) is 3.77. The molecule has 0 aliphatic carbocycles. The number of amides is 1. The van der Waals surface area contributed by atoms with Crippen molar-refractivity contribution < 1.29 is 19.0 Å². The lowest BCUT2D eigenvalue weighted by Gasteiger charge is -2.38. The summed E-state index contributed by atoms with van der Waals surface area (Å²) in [4.78, 5) is 31.1. The summed E-state index contributed by atoms with van der Waals surface area (Å²) < 4.78 is 21.7. The molecule has 32 heavy (non-hydrogen) atoms. The molecule has 2 aromatic heterocycles. The fraction of sp³-hybridized carbons (Fsp3) is 0.455. The van der Waals surface area contributed by atoms with Crippen LogP contribution in [0.25, 0.3) is 16.7 Å². The molecule has 4 rings (SSSR count). The minimum atomic E-state index is -1.16. The molecule has 1 saturated heterocycles. The van der Waals surface area contributed by atoms with Gasteiger partial charge in [0.15, 0.2) is 5.65 Å². The molecule has 0 unspecified atom stereocenters. The molecule has 0 radical (unpaired) electrons. The second-order valence-corrected chi connectivity index (χ2v) is 9.14. The molecule has 1 N–H and O–H groups in total. The Labute approximate surface area is 184 Å². The Morgan fingerprint density at radius 3 is 2.66 bits per heavy atom. The third-order valence-corrected chi connectivity index (χ3v) is 5.42. The summed E-state index contributed by atoms with van der Waals surface area (Å²) in [5.41, 5.74) is -1.33. The second kappa shape index (κ2) is 8.01. The molecule has 0 atom stereocenters. The van der Waals surface area contributed by atoms with Crippen LogP contribution in [0.3, 0.4) is 0 Å². The first-order valence-corrected chi connectivity index (χ1v) is 10.4. The van der Waals surface area contributed by atoms with E-state index in [9.17, 15) is 19.1 Å². The fourth-order valence-corrected chi connectivity index (χ4v) is 3.77. The van der Waals surface area contributed by atoms with Gasteiger partial charge in [-0.2, -0.15) is 5.10 Å². The van der Waals surface area contributed by atoms with Gasteiger partial charge < -0.3 is 14.7 Å². The van der Waals surface area contributed by atoms with Gasteiger partial charge in [0.05, 0.1) is 24.0 Å². The summed E-state index contributed by atoms with van der Waals surface area (Å²) in [5.74, 6) is -0.417. The van der Waals surface area contributed by atoms with Crippen LogP contribution in [-0.2, 0) is 11.3 Å². The SMILES string of the molecule is CC(C)(C)OC(=O)N1CCC(O)(Cn2cnc3c(cnn3-c3cccc(F)c3)c2=O)CC1. The number of aromatic nitrogens is 4. The Kier molecular flexibility index (Phi) is 5.49. The highest BCUT2D eigenvalue weighted by molar-refractivity contribution is 5.74. The predicted octanol–water partition coefficient (Wildman–Crippen LogP) is 2.48. The highest BCUT2D eigenvalue weighted by Crippen LogP contribution is 2.25. The molecule has 0 spiro atoms. The molecule has 1 fully saturated rings. The monoisotopic (exact) mass is 443 g/mol. The number of piperidine rings is 1. The Hall–Kier alpha value is -3.27. The average molecular weight is 443 g/mol. The molecule has 0 bridgehead atoms. The number of ether oxygens (including phenoxy) is 1. The zero-order valence-corrected chi connectivity index (χ0v) is 18.3. The maximum Gasteiger partial charge on any atom is 0.410 e. The zero-order valence-electron chi connectivity index (χ0n) is 18.3. The lowest BCUT2D eigenvalue weighted by Crippen LogP contribution is -2.50. The predicted molar refractivity (Wildman–Crippen MR) is 115 cm³/mol. The number of fused-ring (bicyclic) bond motifs is 1. The number of nitrogens with zero attached hydrogens (tertiary/aromatic N) is 5. The zero-order chi connectivity index (χ0) is 23.1. The summed E-state index contributed by atoms with van der Waals surface area (Å²) in [5, 5.41) is 15.5. The van der Waals surface area contributed by atoms with E-state index in [4.69, 9.17) is 4.74 Å². The first kappa shape index (κ1) is 21.9. The van der Waals surface area contributed by atoms with Crippen molar-refractivity contribution >= 4 is 17.1 Å². The number of carbonyl (C=O) groups is 1. The van der Waals surface area contributed by atoms with Crippen molar-refractivity contribution in [2.24, 2.45) is 0 Å². The van der Waals surface area contributed by atoms with Crippen molar-refractivity contribution in [3.63, 3.8) is 0 Å². The van der Waals surface area contributed by atoms with Crippen LogP contribution in [0.4, 0.5) is 9.18 Å². The first-order valence-electron chi connectivity index (χ1n) is 10.4. The Morgan fingerprint density at radius 2 is 2.00 bits per heavy atom. The average Bonchev–Trinajstić information content (AvgIpc) is 3.14. The summed E-state index contributed by atoms with van der Waals surface area (Å²) in [6, 6.07) is 5.85. The van der Waals surface area contributed by atoms with Crippen molar-refractivity contribution in [2.45, 2.75) is 51.4 Å². The van der Waals surface area contributed by atoms with Gasteiger partial charge in [0, 0.05) is 13.1 Å². The molecule has 0 saturated carbocycles. The van der Waals surface area contributed by atoms with Gasteiger partial charge in [-0.1, -0.05) is 6.07 Å². The molecular formula is C22H26FN5O4. The number of benzene rings is 1. The van der Waals surface area contributed by atoms with Gasteiger partial charge in [-0.15, -0.1) is 0 Å². The molecule has 1 aliphatic heterocycles. The largest absolute Gasteiger partial charge is 0.444 e. The minimum Gasteiger partial charge on any atom is -0.444 e. The van der Waals surface area contributed by atoms with Gasteiger partial charge in [0.1, 0.15) is 23.1 Å². The topological polar surface area (TPSA) is 102 Å². The quantitative estimate of drug-likeness (QED) is 0.667. The highest BCUT2D eigenvalue weighted by Gasteiger charge is 2.36. The van der Waals surface area contributed by atoms with Crippen molar-refractivity contribution in [3.05, 3.63) is 53.0 Å². The standard InChI is InChI=1S/C22H26FN5O4/c1-21(2,3)32-20(30)26-9-7-22(31,8-10-26)13-27-14-24-18-17(19(27)29)12-25-28(18)16-6-4-5-15(23)11-16/h4-6,11-12,14,31H,7-10,13H2,1-3H3. The molecule has 3 aromatic rings. The number of likely N-dealkylation sites (tertiary alicyclic amines) is 1. The van der Waals surface area contributed by atoms with Crippen LogP contribution in [0, 0.1) is 5.82 Å². The van der Waals surface area contributed by atoms with E-state index in [1.807, 2.05) is 0 Å². The summed E-state index contributed by atoms with van der Waals surface area (Å²) in [6.45, 7) is 6.11. The number of hydrogen-bond acceptors (Lipinski definition) is 6. The van der Waals surface area contributed by atoms with E-state index < -0.39 is 23.1 Å². The van der Waals surface area contributed by atoms with Crippen molar-refractivity contribution in [3.8, 4) is 5.69 Å². The Balaban J connectivity index is 1.51. The summed E-state index contributed by atoms with van der Waals surface area (Å²) in [6.07, 6.45) is 2.95. The van der Waals surface area contributed by atoms with Crippen LogP contribution in [-0.4, -0.2) is 59.7 Å². The van der Waals surface area contributed by atoms with E-state index >= 15 is 0 Å². The van der Waals surface area contributed by atoms with E-state index in [2.05, 4.69) is 10.1 Å². The van der Waals surface area contributed by atoms with Crippen molar-refractivity contribution in [1.29, 1.82) is 0 Å². The minimum absolute atomic E-state index is 0.0437. The third-order valence-electron chi connectivity index (χ3n) is 5.42. The highest BCUT2D eigenvalue weighted by atomic mass is 19.1. The van der Waals surface area contributed by atoms with Gasteiger partial charge in [-0.3, -0.25) is 9.36 Å². The van der Waals surface area contributed by atoms with Crippen molar-refractivity contribution in [1.82, 2.24) is 24.2 Å². The van der Waals surface area contributed by atoms with E-state index in [0.717, 1.165) is 0 Å². The van der Waals surface area contributed by atoms with Crippen LogP contribution in [0.2, 0.25) is 0 Å². The van der Waals surface area contributed by atoms with Gasteiger partial charge >= 0.3 is 6.09 Å². The first-order chi connectivity index (χ1) is 15.0. The van der Waals surface area contributed by atoms with Gasteiger partial charge in [0.2, 0.25) is 0 Å². The van der Waals surface area contributed by atoms with Gasteiger partial charge in [-0.25, -0.2) is 18.9 Å². The number of hydrogen-bond donors (Lipinski definition) is 1. The normalized spacial score (nSPS) is 16.3. The summed E-state index contributed by atoms with van der Waals surface area (Å²) >= 11 is 0. The third kappa shape index (κ3) is 4.50. The van der Waals surface area contributed by atoms with Crippen LogP contribution in [0.15, 0.2) is 41.6 Å². The van der Waals surface area contributed by atoms with Crippen LogP contribution < -0.4 is 5.56 Å².